The molecule has 3 aromatic carbocycles. The van der Waals surface area contributed by atoms with Crippen molar-refractivity contribution in [2.45, 2.75) is 38.2 Å². The highest BCUT2D eigenvalue weighted by Crippen LogP contribution is 2.41. The largest absolute Gasteiger partial charge is 0.508 e. The van der Waals surface area contributed by atoms with Crippen molar-refractivity contribution < 1.29 is 29.1 Å². The number of hydroxylamine groups is 2. The minimum absolute atomic E-state index is 0.0314. The van der Waals surface area contributed by atoms with Gasteiger partial charge in [0.1, 0.15) is 11.4 Å². The number of carbonyl (C=O) groups excluding carboxylic acids is 3. The molecule has 7 nitrogen and oxygen atoms in total. The maximum atomic E-state index is 12.6. The number of hydrogen-bond acceptors (Lipinski definition) is 6. The number of aromatic hydroxyl groups is 1. The van der Waals surface area contributed by atoms with Crippen molar-refractivity contribution in [1.82, 2.24) is 5.06 Å². The van der Waals surface area contributed by atoms with Gasteiger partial charge in [0.15, 0.2) is 0 Å². The van der Waals surface area contributed by atoms with Crippen LogP contribution in [-0.4, -0.2) is 34.6 Å². The van der Waals surface area contributed by atoms with Crippen LogP contribution >= 0.6 is 0 Å². The molecule has 4 rings (SSSR count). The number of phenols is 1. The van der Waals surface area contributed by atoms with Crippen LogP contribution < -0.4 is 0 Å². The van der Waals surface area contributed by atoms with Crippen LogP contribution in [0.1, 0.15) is 59.7 Å². The van der Waals surface area contributed by atoms with Gasteiger partial charge in [-0.3, -0.25) is 9.59 Å². The highest BCUT2D eigenvalue weighted by molar-refractivity contribution is 6.02. The van der Waals surface area contributed by atoms with Gasteiger partial charge in [0.2, 0.25) is 0 Å². The van der Waals surface area contributed by atoms with E-state index in [2.05, 4.69) is 6.92 Å². The molecule has 0 radical (unpaired) electrons. The molecule has 1 fully saturated rings. The van der Waals surface area contributed by atoms with Crippen molar-refractivity contribution in [3.63, 3.8) is 0 Å². The van der Waals surface area contributed by atoms with Crippen LogP contribution in [0.4, 0.5) is 0 Å². The van der Waals surface area contributed by atoms with Gasteiger partial charge in [0, 0.05) is 19.4 Å². The summed E-state index contributed by atoms with van der Waals surface area (Å²) < 4.78 is 6.59. The molecule has 0 spiro atoms. The Labute approximate surface area is 203 Å². The Morgan fingerprint density at radius 1 is 0.886 bits per heavy atom. The lowest BCUT2D eigenvalue weighted by Crippen LogP contribution is -2.34. The maximum Gasteiger partial charge on any atom is 0.363 e. The predicted octanol–water partition coefficient (Wildman–Crippen LogP) is 4.72. The number of rotatable bonds is 9. The van der Waals surface area contributed by atoms with Crippen LogP contribution in [-0.2, 0) is 24.8 Å². The van der Waals surface area contributed by atoms with Crippen LogP contribution in [0.3, 0.4) is 0 Å². The third-order valence-electron chi connectivity index (χ3n) is 5.96. The highest BCUT2D eigenvalue weighted by Gasteiger charge is 2.38. The fourth-order valence-electron chi connectivity index (χ4n) is 4.15. The van der Waals surface area contributed by atoms with E-state index >= 15 is 0 Å². The first-order valence-electron chi connectivity index (χ1n) is 11.6. The normalized spacial score (nSPS) is 15.2. The Morgan fingerprint density at radius 3 is 2.14 bits per heavy atom. The summed E-state index contributed by atoms with van der Waals surface area (Å²) in [5.41, 5.74) is 1.50. The second kappa shape index (κ2) is 10.5. The lowest BCUT2D eigenvalue weighted by Gasteiger charge is -2.36. The SMILES string of the molecule is CCCCOC(c1ccccc1)(c1ccc(C(=O)ON2C(=O)CCC2=O)cc1)c1cccc(O)c1. The van der Waals surface area contributed by atoms with Crippen LogP contribution in [0.15, 0.2) is 78.9 Å². The third kappa shape index (κ3) is 4.95. The van der Waals surface area contributed by atoms with Gasteiger partial charge < -0.3 is 14.7 Å². The first-order chi connectivity index (χ1) is 17.0. The predicted molar refractivity (Wildman–Crippen MR) is 128 cm³/mol. The first-order valence-corrected chi connectivity index (χ1v) is 11.6. The van der Waals surface area contributed by atoms with E-state index in [9.17, 15) is 19.5 Å². The summed E-state index contributed by atoms with van der Waals surface area (Å²) in [6, 6.07) is 23.3. The Balaban J connectivity index is 1.75. The van der Waals surface area contributed by atoms with Crippen LogP contribution in [0.2, 0.25) is 0 Å². The average molecular weight is 474 g/mol. The van der Waals surface area contributed by atoms with Gasteiger partial charge in [-0.25, -0.2) is 4.79 Å². The number of benzene rings is 3. The third-order valence-corrected chi connectivity index (χ3v) is 5.96. The average Bonchev–Trinajstić information content (AvgIpc) is 3.19. The van der Waals surface area contributed by atoms with Crippen molar-refractivity contribution >= 4 is 17.8 Å². The molecule has 1 saturated heterocycles. The summed E-state index contributed by atoms with van der Waals surface area (Å²) in [4.78, 5) is 41.2. The Hall–Kier alpha value is -3.97. The molecule has 2 amide bonds. The number of imide groups is 1. The van der Waals surface area contributed by atoms with Crippen LogP contribution in [0, 0.1) is 0 Å². The molecule has 1 heterocycles. The first kappa shape index (κ1) is 24.2. The van der Waals surface area contributed by atoms with E-state index in [1.54, 1.807) is 42.5 Å². The molecule has 0 aliphatic carbocycles. The molecule has 1 N–H and O–H groups in total. The summed E-state index contributed by atoms with van der Waals surface area (Å²) in [5, 5.41) is 10.8. The topological polar surface area (TPSA) is 93.1 Å². The molecule has 1 unspecified atom stereocenters. The lowest BCUT2D eigenvalue weighted by atomic mass is 9.79. The second-order valence-corrected chi connectivity index (χ2v) is 8.34. The number of unbranched alkanes of at least 4 members (excludes halogenated alkanes) is 1. The zero-order chi connectivity index (χ0) is 24.8. The van der Waals surface area contributed by atoms with Gasteiger partial charge >= 0.3 is 5.97 Å². The molecule has 0 saturated carbocycles. The van der Waals surface area contributed by atoms with E-state index in [1.165, 1.54) is 0 Å². The number of phenolic OH excluding ortho intramolecular Hbond substituents is 1. The zero-order valence-corrected chi connectivity index (χ0v) is 19.5. The summed E-state index contributed by atoms with van der Waals surface area (Å²) >= 11 is 0. The smallest absolute Gasteiger partial charge is 0.363 e. The van der Waals surface area contributed by atoms with E-state index in [1.807, 2.05) is 36.4 Å². The number of hydrogen-bond donors (Lipinski definition) is 1. The molecule has 1 atom stereocenters. The number of amides is 2. The molecule has 1 aliphatic heterocycles. The monoisotopic (exact) mass is 473 g/mol. The van der Waals surface area contributed by atoms with Gasteiger partial charge in [0.05, 0.1) is 5.56 Å². The molecule has 180 valence electrons. The van der Waals surface area contributed by atoms with Crippen LogP contribution in [0.5, 0.6) is 5.75 Å². The van der Waals surface area contributed by atoms with E-state index < -0.39 is 23.4 Å². The Bertz CT molecular complexity index is 1190. The van der Waals surface area contributed by atoms with Crippen LogP contribution in [0.25, 0.3) is 0 Å². The van der Waals surface area contributed by atoms with Crippen molar-refractivity contribution in [3.8, 4) is 5.75 Å². The van der Waals surface area contributed by atoms with Gasteiger partial charge in [-0.15, -0.1) is 5.06 Å². The molecular formula is C28H27NO6. The minimum Gasteiger partial charge on any atom is -0.508 e. The van der Waals surface area contributed by atoms with Crippen molar-refractivity contribution in [3.05, 3.63) is 101 Å². The fraction of sp³-hybridized carbons (Fsp3) is 0.250. The summed E-state index contributed by atoms with van der Waals surface area (Å²) in [6.07, 6.45) is 1.85. The minimum atomic E-state index is -1.04. The van der Waals surface area contributed by atoms with Gasteiger partial charge in [-0.2, -0.15) is 0 Å². The Morgan fingerprint density at radius 2 is 1.51 bits per heavy atom. The number of ether oxygens (including phenoxy) is 1. The fourth-order valence-corrected chi connectivity index (χ4v) is 4.15. The Kier molecular flexibility index (Phi) is 7.27. The van der Waals surface area contributed by atoms with Crippen molar-refractivity contribution in [2.75, 3.05) is 6.61 Å². The van der Waals surface area contributed by atoms with E-state index in [-0.39, 0.29) is 24.2 Å². The maximum absolute atomic E-state index is 12.6. The molecule has 7 heteroatoms. The highest BCUT2D eigenvalue weighted by atomic mass is 16.7. The summed E-state index contributed by atoms with van der Waals surface area (Å²) in [6.45, 7) is 2.56. The quantitative estimate of drug-likeness (QED) is 0.275. The van der Waals surface area contributed by atoms with Gasteiger partial charge in [-0.05, 0) is 47.4 Å². The van der Waals surface area contributed by atoms with Gasteiger partial charge in [-0.1, -0.05) is 67.9 Å². The number of carbonyl (C=O) groups is 3. The van der Waals surface area contributed by atoms with Crippen molar-refractivity contribution in [1.29, 1.82) is 0 Å². The molecule has 0 aromatic heterocycles. The molecular weight excluding hydrogens is 446 g/mol. The van der Waals surface area contributed by atoms with E-state index in [0.717, 1.165) is 29.5 Å². The van der Waals surface area contributed by atoms with Gasteiger partial charge in [0.25, 0.3) is 11.8 Å². The standard InChI is InChI=1S/C28H27NO6/c1-2-3-18-34-28(21-8-5-4-6-9-21,23-10-7-11-24(30)19-23)22-14-12-20(13-15-22)27(33)35-29-25(31)16-17-26(29)32/h4-15,19,30H,2-3,16-18H2,1H3. The molecule has 3 aromatic rings. The van der Waals surface area contributed by atoms with E-state index in [0.29, 0.717) is 11.7 Å². The summed E-state index contributed by atoms with van der Waals surface area (Å²) in [7, 11) is 0. The molecule has 1 aliphatic rings. The molecule has 0 bridgehead atoms. The lowest BCUT2D eigenvalue weighted by molar-refractivity contribution is -0.172. The molecule has 35 heavy (non-hydrogen) atoms. The summed E-state index contributed by atoms with van der Waals surface area (Å²) in [5.74, 6) is -1.75. The number of nitrogens with zero attached hydrogens (tertiary/aromatic N) is 1. The zero-order valence-electron chi connectivity index (χ0n) is 19.5. The van der Waals surface area contributed by atoms with Crippen molar-refractivity contribution in [2.24, 2.45) is 0 Å². The van der Waals surface area contributed by atoms with E-state index in [4.69, 9.17) is 9.57 Å². The second-order valence-electron chi connectivity index (χ2n) is 8.34.